The summed E-state index contributed by atoms with van der Waals surface area (Å²) in [6.45, 7) is 0. The third-order valence-electron chi connectivity index (χ3n) is 1.27. The highest BCUT2D eigenvalue weighted by Gasteiger charge is 1.94. The first-order valence-electron chi connectivity index (χ1n) is 3.13. The van der Waals surface area contributed by atoms with Crippen molar-refractivity contribution in [3.8, 4) is 0 Å². The van der Waals surface area contributed by atoms with E-state index in [0.717, 1.165) is 10.1 Å². The molecule has 0 saturated heterocycles. The Bertz CT molecular complexity index is 215. The first kappa shape index (κ1) is 8.49. The molecule has 0 fully saturated rings. The van der Waals surface area contributed by atoms with E-state index >= 15 is 0 Å². The summed E-state index contributed by atoms with van der Waals surface area (Å²) in [5.41, 5.74) is 1.10. The lowest BCUT2D eigenvalue weighted by atomic mass is 10.2. The van der Waals surface area contributed by atoms with Gasteiger partial charge in [0, 0.05) is 0 Å². The Morgan fingerprint density at radius 1 is 1.50 bits per heavy atom. The minimum absolute atomic E-state index is 0.132. The van der Waals surface area contributed by atoms with Gasteiger partial charge in [0.15, 0.2) is 0 Å². The van der Waals surface area contributed by atoms with Gasteiger partial charge < -0.3 is 12.9 Å². The molecule has 0 heterocycles. The second-order valence-electron chi connectivity index (χ2n) is 2.07. The van der Waals surface area contributed by atoms with Gasteiger partial charge in [0.1, 0.15) is 5.82 Å². The van der Waals surface area contributed by atoms with Crippen LogP contribution >= 0.6 is 12.9 Å². The molecule has 3 heteroatoms. The largest absolute Gasteiger partial charge is 0.473 e. The zero-order valence-electron chi connectivity index (χ0n) is 5.48. The highest BCUT2D eigenvalue weighted by atomic mass is 79.9. The van der Waals surface area contributed by atoms with Crippen LogP contribution in [0, 0.1) is 5.82 Å². The SMILES string of the molecule is Fc1cccc([CH2][Mg][Br])c1. The van der Waals surface area contributed by atoms with Crippen LogP contribution in [0.2, 0.25) is 0 Å². The van der Waals surface area contributed by atoms with Gasteiger partial charge in [0.25, 0.3) is 0 Å². The lowest BCUT2D eigenvalue weighted by molar-refractivity contribution is 0.626. The van der Waals surface area contributed by atoms with E-state index in [0.29, 0.717) is 0 Å². The Labute approximate surface area is 75.4 Å². The maximum Gasteiger partial charge on any atom is 0.473 e. The van der Waals surface area contributed by atoms with Crippen LogP contribution in [0.5, 0.6) is 0 Å². The van der Waals surface area contributed by atoms with E-state index in [1.54, 1.807) is 12.1 Å². The average molecular weight is 213 g/mol. The van der Waals surface area contributed by atoms with E-state index in [4.69, 9.17) is 0 Å². The van der Waals surface area contributed by atoms with Crippen LogP contribution in [-0.4, -0.2) is 18.2 Å². The fraction of sp³-hybridized carbons (Fsp3) is 0.143. The second-order valence-corrected chi connectivity index (χ2v) is 5.33. The highest BCUT2D eigenvalue weighted by molar-refractivity contribution is 9.23. The van der Waals surface area contributed by atoms with Crippen LogP contribution in [0.3, 0.4) is 0 Å². The van der Waals surface area contributed by atoms with Gasteiger partial charge in [-0.1, -0.05) is 17.7 Å². The number of hydrogen-bond donors (Lipinski definition) is 0. The number of halogens is 2. The Hall–Kier alpha value is 0.396. The van der Waals surface area contributed by atoms with Crippen molar-refractivity contribution in [2.75, 3.05) is 0 Å². The summed E-state index contributed by atoms with van der Waals surface area (Å²) >= 11 is 3.27. The van der Waals surface area contributed by atoms with E-state index in [-0.39, 0.29) is 24.0 Å². The quantitative estimate of drug-likeness (QED) is 0.662. The van der Waals surface area contributed by atoms with Crippen LogP contribution in [0.4, 0.5) is 4.39 Å². The molecule has 0 aromatic heterocycles. The molecule has 10 heavy (non-hydrogen) atoms. The molecule has 1 aromatic rings. The summed E-state index contributed by atoms with van der Waals surface area (Å²) in [5.74, 6) is -0.132. The van der Waals surface area contributed by atoms with Gasteiger partial charge in [-0.15, -0.1) is 4.55 Å². The fourth-order valence-corrected chi connectivity index (χ4v) is 2.70. The number of hydrogen-bond acceptors (Lipinski definition) is 0. The molecule has 0 atom stereocenters. The van der Waals surface area contributed by atoms with Crippen molar-refractivity contribution >= 4 is 31.1 Å². The molecule has 0 saturated carbocycles. The van der Waals surface area contributed by atoms with Crippen molar-refractivity contribution in [2.45, 2.75) is 4.55 Å². The summed E-state index contributed by atoms with van der Waals surface area (Å²) < 4.78 is 13.5. The lowest BCUT2D eigenvalue weighted by Gasteiger charge is -1.94. The molecule has 0 N–H and O–H groups in total. The van der Waals surface area contributed by atoms with Crippen LogP contribution in [0.25, 0.3) is 0 Å². The van der Waals surface area contributed by atoms with Gasteiger partial charge >= 0.3 is 18.2 Å². The summed E-state index contributed by atoms with van der Waals surface area (Å²) in [6.07, 6.45) is 0. The van der Waals surface area contributed by atoms with E-state index < -0.39 is 0 Å². The molecular formula is C7H6BrFMg. The summed E-state index contributed by atoms with van der Waals surface area (Å²) in [5, 5.41) is 0. The van der Waals surface area contributed by atoms with Gasteiger partial charge in [0.05, 0.1) is 0 Å². The predicted molar refractivity (Wildman–Crippen MR) is 44.8 cm³/mol. The molecule has 0 aliphatic rings. The Kier molecular flexibility index (Phi) is 3.66. The molecule has 50 valence electrons. The first-order valence-corrected chi connectivity index (χ1v) is 8.03. The molecule has 0 amide bonds. The molecule has 1 rings (SSSR count). The van der Waals surface area contributed by atoms with Gasteiger partial charge in [-0.3, -0.25) is 0 Å². The van der Waals surface area contributed by atoms with E-state index in [1.165, 1.54) is 6.07 Å². The zero-order chi connectivity index (χ0) is 7.40. The summed E-state index contributed by atoms with van der Waals surface area (Å²) in [7, 11) is 0. The summed E-state index contributed by atoms with van der Waals surface area (Å²) in [6, 6.07) is 6.77. The van der Waals surface area contributed by atoms with Gasteiger partial charge in [-0.05, 0) is 12.1 Å². The molecule has 0 bridgehead atoms. The zero-order valence-corrected chi connectivity index (χ0v) is 8.48. The van der Waals surface area contributed by atoms with Crippen molar-refractivity contribution in [2.24, 2.45) is 0 Å². The Morgan fingerprint density at radius 3 is 2.90 bits per heavy atom. The topological polar surface area (TPSA) is 0 Å². The van der Waals surface area contributed by atoms with Gasteiger partial charge in [-0.25, -0.2) is 4.39 Å². The van der Waals surface area contributed by atoms with E-state index in [2.05, 4.69) is 12.9 Å². The van der Waals surface area contributed by atoms with Crippen molar-refractivity contribution < 1.29 is 4.39 Å². The maximum atomic E-state index is 12.5. The predicted octanol–water partition coefficient (Wildman–Crippen LogP) is 2.34. The number of benzene rings is 1. The van der Waals surface area contributed by atoms with Gasteiger partial charge in [-0.2, -0.15) is 0 Å². The molecule has 0 aliphatic heterocycles. The van der Waals surface area contributed by atoms with Crippen LogP contribution in [0.1, 0.15) is 5.56 Å². The first-order chi connectivity index (χ1) is 4.83. The Balaban J connectivity index is 2.75. The fourth-order valence-electron chi connectivity index (χ4n) is 0.802. The van der Waals surface area contributed by atoms with Gasteiger partial charge in [0.2, 0.25) is 0 Å². The molecule has 0 nitrogen and oxygen atoms in total. The van der Waals surface area contributed by atoms with Crippen molar-refractivity contribution in [3.05, 3.63) is 35.6 Å². The molecule has 1 aromatic carbocycles. The standard InChI is InChI=1S/C7H6F.BrH.Mg/c1-6-3-2-4-7(8)5-6;;/h2-5H,1H2;1H;/q;;+1/p-1. The van der Waals surface area contributed by atoms with Crippen LogP contribution < -0.4 is 0 Å². The average Bonchev–Trinajstić information content (AvgIpc) is 1.88. The number of rotatable bonds is 2. The minimum Gasteiger partial charge on any atom is -0.306 e. The smallest absolute Gasteiger partial charge is 0.306 e. The third-order valence-corrected chi connectivity index (χ3v) is 3.23. The van der Waals surface area contributed by atoms with Crippen molar-refractivity contribution in [3.63, 3.8) is 0 Å². The van der Waals surface area contributed by atoms with E-state index in [9.17, 15) is 4.39 Å². The molecular weight excluding hydrogens is 207 g/mol. The minimum atomic E-state index is -0.154. The maximum absolute atomic E-state index is 12.5. The Morgan fingerprint density at radius 2 is 2.30 bits per heavy atom. The van der Waals surface area contributed by atoms with Crippen LogP contribution in [0.15, 0.2) is 24.3 Å². The molecule has 0 aliphatic carbocycles. The normalized spacial score (nSPS) is 9.00. The highest BCUT2D eigenvalue weighted by Crippen LogP contribution is 2.03. The van der Waals surface area contributed by atoms with Crippen molar-refractivity contribution in [1.29, 1.82) is 0 Å². The van der Waals surface area contributed by atoms with Crippen molar-refractivity contribution in [1.82, 2.24) is 0 Å². The molecule has 0 radical (unpaired) electrons. The van der Waals surface area contributed by atoms with E-state index in [1.807, 2.05) is 6.07 Å². The third kappa shape index (κ3) is 2.56. The molecule has 0 unspecified atom stereocenters. The second kappa shape index (κ2) is 4.31. The monoisotopic (exact) mass is 212 g/mol. The summed E-state index contributed by atoms with van der Waals surface area (Å²) in [4.78, 5) is 0. The lowest BCUT2D eigenvalue weighted by Crippen LogP contribution is -1.88. The molecule has 0 spiro atoms. The van der Waals surface area contributed by atoms with Crippen LogP contribution in [-0.2, 0) is 4.55 Å².